The van der Waals surface area contributed by atoms with Crippen LogP contribution in [0.1, 0.15) is 12.5 Å². The van der Waals surface area contributed by atoms with Crippen molar-refractivity contribution >= 4 is 45.1 Å². The summed E-state index contributed by atoms with van der Waals surface area (Å²) in [4.78, 5) is 23.3. The second-order valence-corrected chi connectivity index (χ2v) is 9.65. The lowest BCUT2D eigenvalue weighted by Crippen LogP contribution is -2.39. The van der Waals surface area contributed by atoms with Crippen molar-refractivity contribution in [3.05, 3.63) is 87.4 Å². The van der Waals surface area contributed by atoms with E-state index in [4.69, 9.17) is 21.1 Å². The number of sulfonamides is 1. The van der Waals surface area contributed by atoms with Crippen molar-refractivity contribution in [1.82, 2.24) is 5.43 Å². The third-order valence-electron chi connectivity index (χ3n) is 4.93. The molecule has 0 bridgehead atoms. The fraction of sp³-hybridized carbons (Fsp3) is 0.167. The number of hydrazone groups is 1. The lowest BCUT2D eigenvalue weighted by molar-refractivity contribution is -0.385. The van der Waals surface area contributed by atoms with Gasteiger partial charge in [-0.3, -0.25) is 19.2 Å². The Hall–Kier alpha value is -4.16. The van der Waals surface area contributed by atoms with Crippen molar-refractivity contribution in [1.29, 1.82) is 0 Å². The molecule has 0 spiro atoms. The maximum atomic E-state index is 13.5. The van der Waals surface area contributed by atoms with E-state index in [-0.39, 0.29) is 34.4 Å². The molecule has 0 radical (unpaired) electrons. The highest BCUT2D eigenvalue weighted by atomic mass is 35.5. The molecule has 37 heavy (non-hydrogen) atoms. The number of rotatable bonds is 11. The predicted molar refractivity (Wildman–Crippen MR) is 139 cm³/mol. The van der Waals surface area contributed by atoms with Gasteiger partial charge in [-0.25, -0.2) is 13.8 Å². The maximum absolute atomic E-state index is 13.5. The first-order chi connectivity index (χ1) is 17.7. The summed E-state index contributed by atoms with van der Waals surface area (Å²) in [7, 11) is -2.90. The number of hydrogen-bond acceptors (Lipinski definition) is 8. The molecule has 0 aromatic heterocycles. The Morgan fingerprint density at radius 3 is 2.49 bits per heavy atom. The molecule has 13 heteroatoms. The first-order valence-electron chi connectivity index (χ1n) is 10.8. The monoisotopic (exact) mass is 546 g/mol. The minimum atomic E-state index is -4.21. The minimum absolute atomic E-state index is 0.0715. The van der Waals surface area contributed by atoms with Crippen LogP contribution in [-0.4, -0.2) is 45.7 Å². The largest absolute Gasteiger partial charge is 0.492 e. The van der Waals surface area contributed by atoms with E-state index in [9.17, 15) is 23.3 Å². The van der Waals surface area contributed by atoms with Gasteiger partial charge >= 0.3 is 5.69 Å². The molecule has 0 aliphatic rings. The van der Waals surface area contributed by atoms with E-state index in [1.54, 1.807) is 25.1 Å². The highest BCUT2D eigenvalue weighted by Crippen LogP contribution is 2.32. The smallest absolute Gasteiger partial charge is 0.311 e. The summed E-state index contributed by atoms with van der Waals surface area (Å²) in [5.41, 5.74) is 2.46. The summed E-state index contributed by atoms with van der Waals surface area (Å²) in [6.07, 6.45) is 1.19. The number of benzene rings is 3. The van der Waals surface area contributed by atoms with E-state index in [2.05, 4.69) is 10.5 Å². The number of hydrogen-bond donors (Lipinski definition) is 1. The van der Waals surface area contributed by atoms with Crippen molar-refractivity contribution in [3.63, 3.8) is 0 Å². The number of carbonyl (C=O) groups is 1. The Labute approximate surface area is 218 Å². The van der Waals surface area contributed by atoms with Crippen LogP contribution in [0.15, 0.2) is 76.7 Å². The van der Waals surface area contributed by atoms with Crippen molar-refractivity contribution in [3.8, 4) is 11.5 Å². The zero-order valence-corrected chi connectivity index (χ0v) is 21.4. The number of methoxy groups -OCH3 is 1. The molecule has 0 saturated heterocycles. The van der Waals surface area contributed by atoms with Gasteiger partial charge in [0.1, 0.15) is 12.3 Å². The molecule has 11 nitrogen and oxygen atoms in total. The number of anilines is 1. The summed E-state index contributed by atoms with van der Waals surface area (Å²) in [5, 5.41) is 15.4. The first-order valence-corrected chi connectivity index (χ1v) is 12.6. The fourth-order valence-electron chi connectivity index (χ4n) is 3.25. The number of nitro benzene ring substituents is 1. The average molecular weight is 547 g/mol. The minimum Gasteiger partial charge on any atom is -0.492 e. The summed E-state index contributed by atoms with van der Waals surface area (Å²) in [6, 6.07) is 16.1. The third-order valence-corrected chi connectivity index (χ3v) is 6.95. The Bertz CT molecular complexity index is 1410. The van der Waals surface area contributed by atoms with Crippen LogP contribution in [-0.2, 0) is 14.8 Å². The van der Waals surface area contributed by atoms with Crippen LogP contribution in [0.25, 0.3) is 0 Å². The molecule has 194 valence electrons. The Kier molecular flexibility index (Phi) is 9.04. The van der Waals surface area contributed by atoms with Crippen LogP contribution in [0, 0.1) is 10.1 Å². The molecule has 0 aliphatic heterocycles. The lowest BCUT2D eigenvalue weighted by Gasteiger charge is -2.25. The number of halogens is 1. The van der Waals surface area contributed by atoms with E-state index in [0.717, 1.165) is 4.31 Å². The molecule has 3 aromatic carbocycles. The highest BCUT2D eigenvalue weighted by molar-refractivity contribution is 7.92. The van der Waals surface area contributed by atoms with Crippen LogP contribution in [0.2, 0.25) is 5.02 Å². The summed E-state index contributed by atoms with van der Waals surface area (Å²) < 4.78 is 38.5. The number of ether oxygens (including phenoxy) is 2. The van der Waals surface area contributed by atoms with Gasteiger partial charge in [0.2, 0.25) is 0 Å². The van der Waals surface area contributed by atoms with Gasteiger partial charge in [-0.05, 0) is 55.5 Å². The van der Waals surface area contributed by atoms with Crippen molar-refractivity contribution < 1.29 is 27.6 Å². The lowest BCUT2D eigenvalue weighted by atomic mass is 10.2. The number of amides is 1. The standard InChI is InChI=1S/C24H23ClN4O7S/c1-3-36-23-7-5-4-6-20(23)28(37(33,34)19-11-9-18(25)10-12-19)16-24(30)27-26-15-17-8-13-22(35-2)21(14-17)29(31)32/h4-15H,3,16H2,1-2H3,(H,27,30)/b26-15-. The van der Waals surface area contributed by atoms with E-state index in [1.807, 2.05) is 0 Å². The van der Waals surface area contributed by atoms with Crippen LogP contribution in [0.5, 0.6) is 11.5 Å². The van der Waals surface area contributed by atoms with E-state index < -0.39 is 27.4 Å². The second kappa shape index (κ2) is 12.2. The van der Waals surface area contributed by atoms with Gasteiger partial charge in [0, 0.05) is 16.7 Å². The predicted octanol–water partition coefficient (Wildman–Crippen LogP) is 4.00. The fourth-order valence-corrected chi connectivity index (χ4v) is 4.81. The van der Waals surface area contributed by atoms with E-state index in [0.29, 0.717) is 10.6 Å². The van der Waals surface area contributed by atoms with Crippen LogP contribution >= 0.6 is 11.6 Å². The normalized spacial score (nSPS) is 11.2. The molecule has 0 aliphatic carbocycles. The topological polar surface area (TPSA) is 140 Å². The highest BCUT2D eigenvalue weighted by Gasteiger charge is 2.29. The van der Waals surface area contributed by atoms with Gasteiger partial charge in [-0.15, -0.1) is 0 Å². The molecular formula is C24H23ClN4O7S. The average Bonchev–Trinajstić information content (AvgIpc) is 2.88. The molecule has 0 fully saturated rings. The summed E-state index contributed by atoms with van der Waals surface area (Å²) >= 11 is 5.91. The number of nitrogens with one attached hydrogen (secondary N) is 1. The summed E-state index contributed by atoms with van der Waals surface area (Å²) in [6.45, 7) is 1.39. The quantitative estimate of drug-likeness (QED) is 0.218. The number of nitrogens with zero attached hydrogens (tertiary/aromatic N) is 3. The van der Waals surface area contributed by atoms with Gasteiger partial charge in [0.25, 0.3) is 15.9 Å². The second-order valence-electron chi connectivity index (χ2n) is 7.35. The Morgan fingerprint density at radius 2 is 1.84 bits per heavy atom. The van der Waals surface area contributed by atoms with Crippen LogP contribution < -0.4 is 19.2 Å². The number of carbonyl (C=O) groups excluding carboxylic acids is 1. The van der Waals surface area contributed by atoms with Crippen LogP contribution in [0.4, 0.5) is 11.4 Å². The molecule has 1 N–H and O–H groups in total. The van der Waals surface area contributed by atoms with Gasteiger partial charge in [-0.1, -0.05) is 23.7 Å². The summed E-state index contributed by atoms with van der Waals surface area (Å²) in [5.74, 6) is -0.422. The van der Waals surface area contributed by atoms with Gasteiger partial charge in [0.05, 0.1) is 35.4 Å². The van der Waals surface area contributed by atoms with Crippen molar-refractivity contribution in [2.24, 2.45) is 5.10 Å². The van der Waals surface area contributed by atoms with Crippen molar-refractivity contribution in [2.75, 3.05) is 24.6 Å². The molecule has 3 rings (SSSR count). The zero-order valence-electron chi connectivity index (χ0n) is 19.8. The molecule has 3 aromatic rings. The first kappa shape index (κ1) is 27.4. The molecule has 0 saturated carbocycles. The number of nitro groups is 1. The van der Waals surface area contributed by atoms with Crippen molar-refractivity contribution in [2.45, 2.75) is 11.8 Å². The Balaban J connectivity index is 1.88. The molecular weight excluding hydrogens is 524 g/mol. The number of para-hydroxylation sites is 2. The van der Waals surface area contributed by atoms with E-state index >= 15 is 0 Å². The Morgan fingerprint density at radius 1 is 1.14 bits per heavy atom. The van der Waals surface area contributed by atoms with Gasteiger partial charge in [0.15, 0.2) is 5.75 Å². The van der Waals surface area contributed by atoms with Gasteiger partial charge < -0.3 is 9.47 Å². The SMILES string of the molecule is CCOc1ccccc1N(CC(=O)N/N=C\c1ccc(OC)c([N+](=O)[O-])c1)S(=O)(=O)c1ccc(Cl)cc1. The van der Waals surface area contributed by atoms with Crippen LogP contribution in [0.3, 0.4) is 0 Å². The third kappa shape index (κ3) is 6.74. The molecule has 0 atom stereocenters. The molecule has 0 heterocycles. The molecule has 0 unspecified atom stereocenters. The van der Waals surface area contributed by atoms with Gasteiger partial charge in [-0.2, -0.15) is 5.10 Å². The zero-order chi connectivity index (χ0) is 27.0. The molecule has 1 amide bonds. The van der Waals surface area contributed by atoms with E-state index in [1.165, 1.54) is 61.9 Å². The maximum Gasteiger partial charge on any atom is 0.311 e.